The second kappa shape index (κ2) is 8.53. The number of nitrogens with zero attached hydrogens (tertiary/aromatic N) is 2. The third-order valence-electron chi connectivity index (χ3n) is 4.74. The Kier molecular flexibility index (Phi) is 5.89. The first-order chi connectivity index (χ1) is 14.0. The summed E-state index contributed by atoms with van der Waals surface area (Å²) in [5, 5.41) is 9.07. The van der Waals surface area contributed by atoms with Gasteiger partial charge in [0.25, 0.3) is 0 Å². The van der Waals surface area contributed by atoms with Gasteiger partial charge in [0.05, 0.1) is 28.9 Å². The second-order valence-corrected chi connectivity index (χ2v) is 7.07. The van der Waals surface area contributed by atoms with Gasteiger partial charge in [0, 0.05) is 12.2 Å². The number of nitrogens with two attached hydrogens (primary N) is 1. The molecule has 0 aromatic heterocycles. The maximum Gasteiger partial charge on any atom is 0.405 e. The SMILES string of the molecule is CC1=C(/C(N)=C\C#N)C(=CC=[N+](C)C)O[B-](c2ccccc2)(c2ccccc2)O1. The molecule has 2 aromatic rings. The minimum atomic E-state index is -2.03. The third-order valence-corrected chi connectivity index (χ3v) is 4.74. The number of nitriles is 1. The van der Waals surface area contributed by atoms with Gasteiger partial charge in [-0.3, -0.25) is 0 Å². The van der Waals surface area contributed by atoms with Crippen LogP contribution in [0.2, 0.25) is 0 Å². The summed E-state index contributed by atoms with van der Waals surface area (Å²) >= 11 is 0. The number of rotatable bonds is 4. The van der Waals surface area contributed by atoms with Crippen molar-refractivity contribution in [3.63, 3.8) is 0 Å². The van der Waals surface area contributed by atoms with Crippen LogP contribution < -0.4 is 16.7 Å². The van der Waals surface area contributed by atoms with Crippen LogP contribution in [0.3, 0.4) is 0 Å². The lowest BCUT2D eigenvalue weighted by atomic mass is 9.45. The molecule has 0 unspecified atom stereocenters. The van der Waals surface area contributed by atoms with Crippen molar-refractivity contribution in [1.29, 1.82) is 5.26 Å². The van der Waals surface area contributed by atoms with Crippen LogP contribution in [0.4, 0.5) is 0 Å². The van der Waals surface area contributed by atoms with Crippen LogP contribution in [-0.4, -0.2) is 31.4 Å². The summed E-state index contributed by atoms with van der Waals surface area (Å²) in [5.41, 5.74) is 8.87. The average molecular weight is 385 g/mol. The predicted molar refractivity (Wildman–Crippen MR) is 117 cm³/mol. The minimum Gasteiger partial charge on any atom is -0.678 e. The lowest BCUT2D eigenvalue weighted by molar-refractivity contribution is -0.458. The molecule has 0 radical (unpaired) electrons. The molecule has 2 N–H and O–H groups in total. The molecule has 146 valence electrons. The Morgan fingerprint density at radius 2 is 1.55 bits per heavy atom. The monoisotopic (exact) mass is 385 g/mol. The van der Waals surface area contributed by atoms with Gasteiger partial charge in [-0.1, -0.05) is 60.7 Å². The van der Waals surface area contributed by atoms with Crippen molar-refractivity contribution < 1.29 is 13.9 Å². The van der Waals surface area contributed by atoms with Crippen molar-refractivity contribution in [2.45, 2.75) is 6.92 Å². The molecular weight excluding hydrogens is 361 g/mol. The molecule has 0 spiro atoms. The zero-order valence-corrected chi connectivity index (χ0v) is 16.9. The van der Waals surface area contributed by atoms with Crippen LogP contribution in [0, 0.1) is 11.3 Å². The van der Waals surface area contributed by atoms with E-state index in [0.717, 1.165) is 10.9 Å². The lowest BCUT2D eigenvalue weighted by Crippen LogP contribution is -2.64. The molecule has 0 saturated carbocycles. The fourth-order valence-corrected chi connectivity index (χ4v) is 3.45. The number of allylic oxidation sites excluding steroid dienone is 3. The van der Waals surface area contributed by atoms with Gasteiger partial charge in [-0.05, 0) is 6.92 Å². The van der Waals surface area contributed by atoms with E-state index in [2.05, 4.69) is 0 Å². The molecule has 0 bridgehead atoms. The van der Waals surface area contributed by atoms with Crippen molar-refractivity contribution in [1.82, 2.24) is 0 Å². The van der Waals surface area contributed by atoms with Crippen LogP contribution in [0.25, 0.3) is 0 Å². The van der Waals surface area contributed by atoms with E-state index in [1.54, 1.807) is 0 Å². The van der Waals surface area contributed by atoms with E-state index in [9.17, 15) is 0 Å². The van der Waals surface area contributed by atoms with E-state index in [1.807, 2.05) is 105 Å². The zero-order chi connectivity index (χ0) is 20.9. The van der Waals surface area contributed by atoms with E-state index in [-0.39, 0.29) is 0 Å². The molecule has 0 fully saturated rings. The van der Waals surface area contributed by atoms with Gasteiger partial charge >= 0.3 is 6.55 Å². The van der Waals surface area contributed by atoms with Crippen molar-refractivity contribution in [3.8, 4) is 6.07 Å². The Morgan fingerprint density at radius 3 is 2.03 bits per heavy atom. The minimum absolute atomic E-state index is 0.300. The number of hydrogen-bond donors (Lipinski definition) is 1. The Balaban J connectivity index is 2.28. The summed E-state index contributed by atoms with van der Waals surface area (Å²) < 4.78 is 15.0. The van der Waals surface area contributed by atoms with Crippen molar-refractivity contribution in [2.75, 3.05) is 14.1 Å². The summed E-state index contributed by atoms with van der Waals surface area (Å²) in [6.07, 6.45) is 5.02. The normalized spacial score (nSPS) is 17.2. The average Bonchev–Trinajstić information content (AvgIpc) is 2.73. The summed E-state index contributed by atoms with van der Waals surface area (Å²) in [7, 11) is 3.85. The summed E-state index contributed by atoms with van der Waals surface area (Å²) in [5.74, 6) is 1.16. The quantitative estimate of drug-likeness (QED) is 0.379. The molecule has 0 aliphatic carbocycles. The van der Waals surface area contributed by atoms with Crippen molar-refractivity contribution >= 4 is 23.7 Å². The molecule has 1 heterocycles. The number of benzene rings is 2. The first-order valence-electron chi connectivity index (χ1n) is 9.39. The van der Waals surface area contributed by atoms with Gasteiger partial charge in [0.15, 0.2) is 6.21 Å². The smallest absolute Gasteiger partial charge is 0.405 e. The lowest BCUT2D eigenvalue weighted by Gasteiger charge is -2.49. The Hall–Kier alpha value is -3.72. The molecule has 1 aliphatic rings. The molecule has 0 atom stereocenters. The highest BCUT2D eigenvalue weighted by Gasteiger charge is 2.40. The summed E-state index contributed by atoms with van der Waals surface area (Å²) in [6.45, 7) is -0.179. The Bertz CT molecular complexity index is 1010. The molecule has 2 aromatic carbocycles. The van der Waals surface area contributed by atoms with Gasteiger partial charge in [0.1, 0.15) is 14.1 Å². The molecule has 5 nitrogen and oxygen atoms in total. The topological polar surface area (TPSA) is 71.3 Å². The highest BCUT2D eigenvalue weighted by molar-refractivity contribution is 6.93. The first-order valence-corrected chi connectivity index (χ1v) is 9.39. The predicted octanol–water partition coefficient (Wildman–Crippen LogP) is 2.16. The Labute approximate surface area is 171 Å². The highest BCUT2D eigenvalue weighted by Crippen LogP contribution is 2.32. The number of hydrogen-bond acceptors (Lipinski definition) is 4. The van der Waals surface area contributed by atoms with E-state index in [4.69, 9.17) is 20.3 Å². The Morgan fingerprint density at radius 1 is 1.00 bits per heavy atom. The third kappa shape index (κ3) is 4.09. The van der Waals surface area contributed by atoms with Crippen LogP contribution in [0.1, 0.15) is 6.92 Å². The van der Waals surface area contributed by atoms with E-state index < -0.39 is 6.55 Å². The molecular formula is C23H24BN3O2. The van der Waals surface area contributed by atoms with Crippen LogP contribution in [0.15, 0.2) is 95.6 Å². The van der Waals surface area contributed by atoms with E-state index in [0.29, 0.717) is 22.8 Å². The second-order valence-electron chi connectivity index (χ2n) is 7.07. The van der Waals surface area contributed by atoms with Crippen LogP contribution in [0.5, 0.6) is 0 Å². The van der Waals surface area contributed by atoms with Gasteiger partial charge in [-0.15, -0.1) is 10.9 Å². The van der Waals surface area contributed by atoms with Gasteiger partial charge in [0.2, 0.25) is 0 Å². The van der Waals surface area contributed by atoms with E-state index >= 15 is 0 Å². The van der Waals surface area contributed by atoms with Crippen LogP contribution in [-0.2, 0) is 9.31 Å². The zero-order valence-electron chi connectivity index (χ0n) is 16.9. The molecule has 0 saturated heterocycles. The molecule has 29 heavy (non-hydrogen) atoms. The maximum atomic E-state index is 9.07. The van der Waals surface area contributed by atoms with Gasteiger partial charge in [-0.2, -0.15) is 5.26 Å². The summed E-state index contributed by atoms with van der Waals surface area (Å²) in [6, 6.07) is 21.7. The van der Waals surface area contributed by atoms with Crippen LogP contribution >= 0.6 is 0 Å². The van der Waals surface area contributed by atoms with E-state index in [1.165, 1.54) is 6.08 Å². The fourth-order valence-electron chi connectivity index (χ4n) is 3.45. The van der Waals surface area contributed by atoms with Crippen molar-refractivity contribution in [2.24, 2.45) is 5.73 Å². The van der Waals surface area contributed by atoms with Gasteiger partial charge in [-0.25, -0.2) is 4.58 Å². The molecule has 1 aliphatic heterocycles. The van der Waals surface area contributed by atoms with Crippen molar-refractivity contribution in [3.05, 3.63) is 95.6 Å². The maximum absolute atomic E-state index is 9.07. The highest BCUT2D eigenvalue weighted by atomic mass is 16.6. The molecule has 3 rings (SSSR count). The molecule has 6 heteroatoms. The molecule has 0 amide bonds. The standard InChI is InChI=1S/C23H24BN3O2/c1-18-23(21(26)14-16-25)22(15-17-27(2)3)29-24(28-18,19-10-6-4-7-11-19)20-12-8-5-9-13-20/h4-15,17H,26H2,1-3H3/b21-14+,22-15?. The van der Waals surface area contributed by atoms with Gasteiger partial charge < -0.3 is 15.0 Å². The summed E-state index contributed by atoms with van der Waals surface area (Å²) in [4.78, 5) is 0. The largest absolute Gasteiger partial charge is 0.678 e. The fraction of sp³-hybridized carbons (Fsp3) is 0.130. The first kappa shape index (κ1) is 20.0.